The highest BCUT2D eigenvalue weighted by Crippen LogP contribution is 2.51. The molecule has 172 valence electrons. The molecule has 2 N–H and O–H groups in total. The maximum Gasteiger partial charge on any atom is 0.271 e. The van der Waals surface area contributed by atoms with E-state index in [9.17, 15) is 9.90 Å². The first-order valence-electron chi connectivity index (χ1n) is 11.4. The minimum Gasteiger partial charge on any atom is -0.490 e. The fraction of sp³-hybridized carbons (Fsp3) is 0.500. The first kappa shape index (κ1) is 21.9. The second kappa shape index (κ2) is 9.16. The summed E-state index contributed by atoms with van der Waals surface area (Å²) in [7, 11) is 0. The Balaban J connectivity index is 1.08. The summed E-state index contributed by atoms with van der Waals surface area (Å²) in [6.07, 6.45) is 6.53. The number of nitriles is 1. The third kappa shape index (κ3) is 4.61. The van der Waals surface area contributed by atoms with Gasteiger partial charge in [0.2, 0.25) is 0 Å². The van der Waals surface area contributed by atoms with Crippen LogP contribution in [0.5, 0.6) is 5.75 Å². The van der Waals surface area contributed by atoms with Crippen molar-refractivity contribution in [3.05, 3.63) is 46.9 Å². The van der Waals surface area contributed by atoms with E-state index in [1.54, 1.807) is 30.6 Å². The molecule has 2 heterocycles. The van der Waals surface area contributed by atoms with Crippen LogP contribution < -0.4 is 15.0 Å². The Labute approximate surface area is 197 Å². The number of halogens is 1. The van der Waals surface area contributed by atoms with Crippen LogP contribution in [-0.4, -0.2) is 52.8 Å². The number of benzene rings is 1. The van der Waals surface area contributed by atoms with Crippen LogP contribution >= 0.6 is 11.6 Å². The van der Waals surface area contributed by atoms with E-state index in [1.165, 1.54) is 0 Å². The first-order chi connectivity index (χ1) is 16.1. The Morgan fingerprint density at radius 2 is 1.97 bits per heavy atom. The summed E-state index contributed by atoms with van der Waals surface area (Å²) in [6.45, 7) is 2.07. The Bertz CT molecular complexity index is 1050. The number of hydrogen-bond acceptors (Lipinski definition) is 7. The molecule has 3 atom stereocenters. The fourth-order valence-corrected chi connectivity index (χ4v) is 5.36. The summed E-state index contributed by atoms with van der Waals surface area (Å²) >= 11 is 6.08. The van der Waals surface area contributed by atoms with Crippen molar-refractivity contribution in [2.24, 2.45) is 17.8 Å². The van der Waals surface area contributed by atoms with Crippen molar-refractivity contribution in [3.8, 4) is 11.8 Å². The van der Waals surface area contributed by atoms with Gasteiger partial charge in [-0.25, -0.2) is 9.97 Å². The molecule has 1 saturated heterocycles. The molecule has 2 aliphatic carbocycles. The van der Waals surface area contributed by atoms with E-state index in [0.29, 0.717) is 39.8 Å². The van der Waals surface area contributed by atoms with Gasteiger partial charge in [0, 0.05) is 31.8 Å². The number of anilines is 1. The zero-order chi connectivity index (χ0) is 22.9. The Kier molecular flexibility index (Phi) is 6.09. The van der Waals surface area contributed by atoms with Gasteiger partial charge in [-0.15, -0.1) is 0 Å². The van der Waals surface area contributed by atoms with Crippen molar-refractivity contribution in [2.75, 3.05) is 24.6 Å². The molecule has 3 aliphatic rings. The Morgan fingerprint density at radius 3 is 2.58 bits per heavy atom. The largest absolute Gasteiger partial charge is 0.490 e. The van der Waals surface area contributed by atoms with Crippen molar-refractivity contribution in [1.82, 2.24) is 15.3 Å². The molecule has 2 aromatic rings. The molecule has 1 aromatic carbocycles. The van der Waals surface area contributed by atoms with Gasteiger partial charge in [-0.1, -0.05) is 11.6 Å². The predicted molar refractivity (Wildman–Crippen MR) is 122 cm³/mol. The zero-order valence-corrected chi connectivity index (χ0v) is 18.9. The van der Waals surface area contributed by atoms with Crippen LogP contribution in [0.4, 0.5) is 5.82 Å². The number of nitrogens with one attached hydrogen (secondary N) is 1. The van der Waals surface area contributed by atoms with Crippen LogP contribution in [0.2, 0.25) is 5.02 Å². The van der Waals surface area contributed by atoms with Crippen molar-refractivity contribution in [1.29, 1.82) is 5.26 Å². The van der Waals surface area contributed by atoms with Crippen LogP contribution in [-0.2, 0) is 0 Å². The van der Waals surface area contributed by atoms with Crippen LogP contribution in [0, 0.1) is 29.1 Å². The minimum absolute atomic E-state index is 0.0540. The van der Waals surface area contributed by atoms with Crippen LogP contribution in [0.25, 0.3) is 0 Å². The molecular formula is C24H26ClN5O3. The maximum atomic E-state index is 12.6. The van der Waals surface area contributed by atoms with Gasteiger partial charge < -0.3 is 20.1 Å². The van der Waals surface area contributed by atoms with E-state index in [0.717, 1.165) is 44.6 Å². The van der Waals surface area contributed by atoms with Crippen LogP contribution in [0.3, 0.4) is 0 Å². The molecule has 1 amide bonds. The smallest absolute Gasteiger partial charge is 0.271 e. The van der Waals surface area contributed by atoms with E-state index in [-0.39, 0.29) is 24.7 Å². The van der Waals surface area contributed by atoms with E-state index in [1.807, 2.05) is 6.07 Å². The highest BCUT2D eigenvalue weighted by molar-refractivity contribution is 6.31. The number of piperidine rings is 1. The normalized spacial score (nSPS) is 28.0. The van der Waals surface area contributed by atoms with Gasteiger partial charge in [0.1, 0.15) is 23.3 Å². The summed E-state index contributed by atoms with van der Waals surface area (Å²) in [6, 6.07) is 7.21. The molecule has 9 heteroatoms. The molecule has 2 saturated carbocycles. The van der Waals surface area contributed by atoms with Crippen LogP contribution in [0.1, 0.15) is 41.7 Å². The molecule has 0 bridgehead atoms. The van der Waals surface area contributed by atoms with Crippen LogP contribution in [0.15, 0.2) is 30.6 Å². The van der Waals surface area contributed by atoms with Crippen molar-refractivity contribution >= 4 is 23.3 Å². The number of nitrogens with zero attached hydrogens (tertiary/aromatic N) is 4. The SMILES string of the molecule is N#Cc1ccc(OC2CCC(NC(=O)c3cnc(N4C[C@@H]5[C@H](CO)[C@@H]5C4)cn3)CC2)cc1Cl. The third-order valence-corrected chi connectivity index (χ3v) is 7.46. The molecule has 1 aliphatic heterocycles. The van der Waals surface area contributed by atoms with Gasteiger partial charge in [-0.2, -0.15) is 5.26 Å². The lowest BCUT2D eigenvalue weighted by molar-refractivity contribution is 0.0888. The maximum absolute atomic E-state index is 12.6. The van der Waals surface area contributed by atoms with Crippen molar-refractivity contribution in [3.63, 3.8) is 0 Å². The lowest BCUT2D eigenvalue weighted by Gasteiger charge is -2.29. The summed E-state index contributed by atoms with van der Waals surface area (Å²) in [5, 5.41) is 21.7. The summed E-state index contributed by atoms with van der Waals surface area (Å²) < 4.78 is 6.01. The summed E-state index contributed by atoms with van der Waals surface area (Å²) in [4.78, 5) is 23.6. The summed E-state index contributed by atoms with van der Waals surface area (Å²) in [5.74, 6) is 2.81. The van der Waals surface area contributed by atoms with E-state index in [4.69, 9.17) is 21.6 Å². The Morgan fingerprint density at radius 1 is 1.21 bits per heavy atom. The predicted octanol–water partition coefficient (Wildman–Crippen LogP) is 2.80. The minimum atomic E-state index is -0.207. The monoisotopic (exact) mass is 467 g/mol. The lowest BCUT2D eigenvalue weighted by Crippen LogP contribution is -2.40. The van der Waals surface area contributed by atoms with Gasteiger partial charge >= 0.3 is 0 Å². The number of aromatic nitrogens is 2. The third-order valence-electron chi connectivity index (χ3n) is 7.15. The van der Waals surface area contributed by atoms with Crippen molar-refractivity contribution in [2.45, 2.75) is 37.8 Å². The van der Waals surface area contributed by atoms with E-state index >= 15 is 0 Å². The highest BCUT2D eigenvalue weighted by Gasteiger charge is 2.55. The standard InChI is InChI=1S/C24H26ClN5O3/c25-21-7-17(4-1-14(21)8-26)33-16-5-2-15(3-6-16)29-24(32)22-9-28-23(10-27-22)30-11-18-19(12-30)20(18)13-31/h1,4,7,9-10,15-16,18-20,31H,2-3,5-6,11-13H2,(H,29,32)/t15?,16?,18-,19+,20-. The van der Waals surface area contributed by atoms with E-state index in [2.05, 4.69) is 20.2 Å². The second-order valence-electron chi connectivity index (χ2n) is 9.16. The molecular weight excluding hydrogens is 442 g/mol. The molecule has 8 nitrogen and oxygen atoms in total. The first-order valence-corrected chi connectivity index (χ1v) is 11.8. The highest BCUT2D eigenvalue weighted by atomic mass is 35.5. The quantitative estimate of drug-likeness (QED) is 0.671. The molecule has 0 radical (unpaired) electrons. The number of fused-ring (bicyclic) bond motifs is 1. The fourth-order valence-electron chi connectivity index (χ4n) is 5.15. The second-order valence-corrected chi connectivity index (χ2v) is 9.56. The van der Waals surface area contributed by atoms with Gasteiger partial charge in [0.25, 0.3) is 5.91 Å². The number of aliphatic hydroxyl groups excluding tert-OH is 1. The summed E-state index contributed by atoms with van der Waals surface area (Å²) in [5.41, 5.74) is 0.751. The Hall–Kier alpha value is -2.89. The van der Waals surface area contributed by atoms with Gasteiger partial charge in [0.15, 0.2) is 0 Å². The average Bonchev–Trinajstić information content (AvgIpc) is 3.30. The number of aliphatic hydroxyl groups is 1. The molecule has 33 heavy (non-hydrogen) atoms. The zero-order valence-electron chi connectivity index (χ0n) is 18.2. The molecule has 0 spiro atoms. The topological polar surface area (TPSA) is 111 Å². The lowest BCUT2D eigenvalue weighted by atomic mass is 9.93. The van der Waals surface area contributed by atoms with Gasteiger partial charge in [-0.3, -0.25) is 4.79 Å². The number of carbonyl (C=O) groups is 1. The molecule has 5 rings (SSSR count). The number of ether oxygens (including phenoxy) is 1. The molecule has 1 aromatic heterocycles. The van der Waals surface area contributed by atoms with Crippen molar-refractivity contribution < 1.29 is 14.6 Å². The molecule has 3 fully saturated rings. The van der Waals surface area contributed by atoms with E-state index < -0.39 is 0 Å². The number of rotatable bonds is 6. The number of amides is 1. The molecule has 0 unspecified atom stereocenters. The van der Waals surface area contributed by atoms with Gasteiger partial charge in [-0.05, 0) is 55.6 Å². The number of hydrogen-bond donors (Lipinski definition) is 2. The van der Waals surface area contributed by atoms with Gasteiger partial charge in [0.05, 0.1) is 29.1 Å². The average molecular weight is 468 g/mol. The number of carbonyl (C=O) groups excluding carboxylic acids is 1.